The summed E-state index contributed by atoms with van der Waals surface area (Å²) in [5.41, 5.74) is 20.0. The molecule has 2 aliphatic carbocycles. The van der Waals surface area contributed by atoms with Crippen LogP contribution in [0, 0.1) is 0 Å². The van der Waals surface area contributed by atoms with E-state index >= 15 is 0 Å². The minimum atomic E-state index is -0.624. The Kier molecular flexibility index (Phi) is 9.80. The van der Waals surface area contributed by atoms with Gasteiger partial charge in [-0.1, -0.05) is 194 Å². The molecule has 0 N–H and O–H groups in total. The first-order valence-corrected chi connectivity index (χ1v) is 24.9. The minimum absolute atomic E-state index is 0.624. The third-order valence-electron chi connectivity index (χ3n) is 14.9. The lowest BCUT2D eigenvalue weighted by atomic mass is 9.70. The molecule has 338 valence electrons. The summed E-state index contributed by atoms with van der Waals surface area (Å²) in [5, 5.41) is 5.45. The Morgan fingerprint density at radius 3 is 1.71 bits per heavy atom. The molecule has 12 aromatic rings. The number of pyridine rings is 1. The molecule has 14 rings (SSSR count). The van der Waals surface area contributed by atoms with Crippen LogP contribution >= 0.6 is 11.6 Å². The van der Waals surface area contributed by atoms with Crippen molar-refractivity contribution in [2.24, 2.45) is 0 Å². The summed E-state index contributed by atoms with van der Waals surface area (Å²) in [6.07, 6.45) is 3.98. The summed E-state index contributed by atoms with van der Waals surface area (Å²) < 4.78 is 0. The number of halogens is 1. The van der Waals surface area contributed by atoms with Crippen LogP contribution in [0.2, 0.25) is 5.02 Å². The molecule has 2 aliphatic rings. The maximum absolute atomic E-state index is 7.27. The first kappa shape index (κ1) is 41.9. The Morgan fingerprint density at radius 2 is 0.917 bits per heavy atom. The van der Waals surface area contributed by atoms with Gasteiger partial charge in [0.15, 0.2) is 0 Å². The Labute approximate surface area is 424 Å². The first-order valence-electron chi connectivity index (χ1n) is 24.5. The molecule has 1 unspecified atom stereocenters. The van der Waals surface area contributed by atoms with Crippen molar-refractivity contribution in [3.8, 4) is 44.5 Å². The van der Waals surface area contributed by atoms with E-state index in [4.69, 9.17) is 16.6 Å². The van der Waals surface area contributed by atoms with Gasteiger partial charge in [0.2, 0.25) is 0 Å². The molecule has 0 aliphatic heterocycles. The van der Waals surface area contributed by atoms with E-state index in [0.717, 1.165) is 61.8 Å². The fourth-order valence-electron chi connectivity index (χ4n) is 12.0. The highest BCUT2D eigenvalue weighted by Gasteiger charge is 2.53. The lowest BCUT2D eigenvalue weighted by molar-refractivity contribution is 0.794. The van der Waals surface area contributed by atoms with E-state index in [9.17, 15) is 0 Å². The van der Waals surface area contributed by atoms with Gasteiger partial charge in [0.05, 0.1) is 11.1 Å². The van der Waals surface area contributed by atoms with Gasteiger partial charge in [-0.25, -0.2) is 0 Å². The second-order valence-corrected chi connectivity index (χ2v) is 19.2. The molecule has 1 aromatic heterocycles. The van der Waals surface area contributed by atoms with E-state index in [-0.39, 0.29) is 0 Å². The lowest BCUT2D eigenvalue weighted by Gasteiger charge is -2.32. The topological polar surface area (TPSA) is 19.4 Å². The van der Waals surface area contributed by atoms with Gasteiger partial charge in [-0.2, -0.15) is 0 Å². The zero-order valence-corrected chi connectivity index (χ0v) is 39.9. The van der Waals surface area contributed by atoms with Crippen LogP contribution in [0.1, 0.15) is 22.3 Å². The van der Waals surface area contributed by atoms with Crippen LogP contribution in [0.4, 0.5) is 34.1 Å². The van der Waals surface area contributed by atoms with E-state index in [1.165, 1.54) is 60.7 Å². The lowest BCUT2D eigenvalue weighted by Crippen LogP contribution is -2.26. The number of anilines is 6. The van der Waals surface area contributed by atoms with Gasteiger partial charge in [0, 0.05) is 62.4 Å². The van der Waals surface area contributed by atoms with Crippen molar-refractivity contribution in [3.05, 3.63) is 294 Å². The highest BCUT2D eigenvalue weighted by molar-refractivity contribution is 6.31. The third kappa shape index (κ3) is 6.48. The number of aromatic nitrogens is 1. The summed E-state index contributed by atoms with van der Waals surface area (Å²) in [7, 11) is 0. The summed E-state index contributed by atoms with van der Waals surface area (Å²) in [4.78, 5) is 9.50. The van der Waals surface area contributed by atoms with Gasteiger partial charge in [0.1, 0.15) is 0 Å². The van der Waals surface area contributed by atoms with Crippen LogP contribution in [0.5, 0.6) is 0 Å². The molecule has 0 fully saturated rings. The third-order valence-corrected chi connectivity index (χ3v) is 15.1. The van der Waals surface area contributed by atoms with Crippen molar-refractivity contribution in [2.75, 3.05) is 9.80 Å². The molecule has 0 amide bonds. The van der Waals surface area contributed by atoms with Crippen molar-refractivity contribution < 1.29 is 0 Å². The van der Waals surface area contributed by atoms with Gasteiger partial charge in [-0.3, -0.25) is 4.98 Å². The Balaban J connectivity index is 1.04. The molecule has 0 saturated heterocycles. The number of nitrogens with zero attached hydrogens (tertiary/aromatic N) is 3. The normalized spacial score (nSPS) is 14.0. The highest BCUT2D eigenvalue weighted by atomic mass is 35.5. The van der Waals surface area contributed by atoms with E-state index in [1.807, 2.05) is 12.4 Å². The largest absolute Gasteiger partial charge is 0.310 e. The fourth-order valence-corrected chi connectivity index (χ4v) is 12.2. The molecule has 0 radical (unpaired) electrons. The number of rotatable bonds is 8. The molecule has 4 heteroatoms. The second-order valence-electron chi connectivity index (χ2n) is 18.8. The second kappa shape index (κ2) is 16.8. The van der Waals surface area contributed by atoms with E-state index < -0.39 is 5.41 Å². The molecule has 0 saturated carbocycles. The zero-order valence-electron chi connectivity index (χ0n) is 39.1. The van der Waals surface area contributed by atoms with Gasteiger partial charge in [0.25, 0.3) is 0 Å². The van der Waals surface area contributed by atoms with E-state index in [1.54, 1.807) is 0 Å². The Hall–Kier alpha value is -9.02. The smallest absolute Gasteiger partial charge is 0.0726 e. The predicted octanol–water partition coefficient (Wildman–Crippen LogP) is 18.7. The molecule has 1 spiro atoms. The van der Waals surface area contributed by atoms with Gasteiger partial charge in [-0.15, -0.1) is 0 Å². The molecular formula is C68H44ClN3. The fraction of sp³-hybridized carbons (Fsp3) is 0.0147. The van der Waals surface area contributed by atoms with E-state index in [2.05, 4.69) is 265 Å². The maximum atomic E-state index is 7.27. The first-order chi connectivity index (χ1) is 35.6. The number of hydrogen-bond acceptors (Lipinski definition) is 3. The van der Waals surface area contributed by atoms with Crippen LogP contribution in [0.15, 0.2) is 267 Å². The molecule has 1 heterocycles. The highest BCUT2D eigenvalue weighted by Crippen LogP contribution is 2.66. The molecular weight excluding hydrogens is 894 g/mol. The van der Waals surface area contributed by atoms with Crippen LogP contribution in [0.3, 0.4) is 0 Å². The van der Waals surface area contributed by atoms with Crippen LogP contribution in [-0.2, 0) is 5.41 Å². The SMILES string of the molecule is Clc1cc(-c2ccccc2)cc(N(c2cccc(N(c3ccccc3)c3ccccc3)c2)c2cccc3c2-c2ccccc2C32c3ccc(-c4cncc5ccccc45)cc3-c3c2ccc2ccccc32)c1. The summed E-state index contributed by atoms with van der Waals surface area (Å²) in [5.74, 6) is 0. The molecule has 0 bridgehead atoms. The van der Waals surface area contributed by atoms with Crippen LogP contribution < -0.4 is 9.80 Å². The maximum Gasteiger partial charge on any atom is 0.0726 e. The number of hydrogen-bond donors (Lipinski definition) is 0. The molecule has 72 heavy (non-hydrogen) atoms. The number of para-hydroxylation sites is 2. The van der Waals surface area contributed by atoms with E-state index in [0.29, 0.717) is 5.02 Å². The zero-order chi connectivity index (χ0) is 47.8. The number of fused-ring (bicyclic) bond motifs is 13. The van der Waals surface area contributed by atoms with Crippen molar-refractivity contribution in [1.82, 2.24) is 4.98 Å². The Bertz CT molecular complexity index is 4030. The predicted molar refractivity (Wildman–Crippen MR) is 301 cm³/mol. The van der Waals surface area contributed by atoms with Crippen molar-refractivity contribution in [3.63, 3.8) is 0 Å². The van der Waals surface area contributed by atoms with Crippen molar-refractivity contribution in [1.29, 1.82) is 0 Å². The average molecular weight is 939 g/mol. The van der Waals surface area contributed by atoms with Gasteiger partial charge < -0.3 is 9.80 Å². The van der Waals surface area contributed by atoms with Gasteiger partial charge >= 0.3 is 0 Å². The minimum Gasteiger partial charge on any atom is -0.310 e. The van der Waals surface area contributed by atoms with Crippen LogP contribution in [0.25, 0.3) is 66.1 Å². The summed E-state index contributed by atoms with van der Waals surface area (Å²) in [6, 6.07) is 92.5. The monoisotopic (exact) mass is 937 g/mol. The average Bonchev–Trinajstić information content (AvgIpc) is 3.91. The molecule has 3 nitrogen and oxygen atoms in total. The van der Waals surface area contributed by atoms with Gasteiger partial charge in [-0.05, 0) is 145 Å². The molecule has 1 atom stereocenters. The van der Waals surface area contributed by atoms with Crippen molar-refractivity contribution >= 4 is 67.3 Å². The summed E-state index contributed by atoms with van der Waals surface area (Å²) >= 11 is 7.27. The standard InChI is InChI=1S/C68H44ClN3/c69-50-38-49(45-18-4-1-5-19-45)39-55(41-50)72(54-27-16-26-53(42-54)71(51-22-6-2-7-23-51)52-24-8-3-9-25-52)65-33-17-32-63-67(65)58-30-14-15-31-61(58)68(63)62-36-35-47(60-44-70-43-48-21-11-12-28-56(48)60)40-59(62)66-57-29-13-10-20-46(57)34-37-64(66)68/h1-44H. The summed E-state index contributed by atoms with van der Waals surface area (Å²) in [6.45, 7) is 0. The van der Waals surface area contributed by atoms with Crippen molar-refractivity contribution in [2.45, 2.75) is 5.41 Å². The number of benzene rings is 11. The molecule has 11 aromatic carbocycles. The Morgan fingerprint density at radius 1 is 0.319 bits per heavy atom. The quantitative estimate of drug-likeness (QED) is 0.151. The van der Waals surface area contributed by atoms with Crippen LogP contribution in [-0.4, -0.2) is 4.98 Å².